The Morgan fingerprint density at radius 1 is 1.35 bits per heavy atom. The molecule has 0 aliphatic carbocycles. The number of aliphatic carboxylic acids is 1. The number of primary amides is 1. The minimum absolute atomic E-state index is 0.00257. The molecule has 2 saturated heterocycles. The van der Waals surface area contributed by atoms with Gasteiger partial charge in [-0.3, -0.25) is 19.3 Å². The van der Waals surface area contributed by atoms with Crippen molar-refractivity contribution in [2.75, 3.05) is 29.5 Å². The number of amides is 4. The highest BCUT2D eigenvalue weighted by Gasteiger charge is 2.59. The molecule has 2 aliphatic heterocycles. The van der Waals surface area contributed by atoms with Crippen LogP contribution in [0.3, 0.4) is 0 Å². The molecule has 1 aromatic heterocycles. The van der Waals surface area contributed by atoms with Crippen LogP contribution in [0.25, 0.3) is 0 Å². The third-order valence-corrected chi connectivity index (χ3v) is 9.08. The Labute approximate surface area is 220 Å². The Balaban J connectivity index is 1.47. The molecule has 0 spiro atoms. The SMILES string of the molecule is CC(=O)N(c1ccccc1CN)C1C(=O)N2CC(CSc3nnnn3CCNC(N)=O)(C(=O)O)CS[C@H]12. The van der Waals surface area contributed by atoms with E-state index in [1.165, 1.54) is 33.2 Å². The summed E-state index contributed by atoms with van der Waals surface area (Å²) < 4.78 is 1.44. The molecule has 2 fully saturated rings. The monoisotopic (exact) mass is 549 g/mol. The van der Waals surface area contributed by atoms with Gasteiger partial charge in [0.2, 0.25) is 17.0 Å². The number of anilines is 1. The summed E-state index contributed by atoms with van der Waals surface area (Å²) in [4.78, 5) is 52.2. The number of urea groups is 1. The van der Waals surface area contributed by atoms with Crippen LogP contribution >= 0.6 is 23.5 Å². The number of hydrogen-bond acceptors (Lipinski definition) is 10. The molecule has 0 bridgehead atoms. The molecule has 4 rings (SSSR count). The van der Waals surface area contributed by atoms with Crippen LogP contribution in [-0.2, 0) is 27.5 Å². The van der Waals surface area contributed by atoms with E-state index in [-0.39, 0.29) is 54.9 Å². The zero-order valence-electron chi connectivity index (χ0n) is 19.9. The van der Waals surface area contributed by atoms with E-state index >= 15 is 0 Å². The van der Waals surface area contributed by atoms with Crippen molar-refractivity contribution in [3.05, 3.63) is 29.8 Å². The highest BCUT2D eigenvalue weighted by Crippen LogP contribution is 2.46. The number of aromatic nitrogens is 4. The number of nitrogens with one attached hydrogen (secondary N) is 1. The van der Waals surface area contributed by atoms with Gasteiger partial charge in [-0.2, -0.15) is 0 Å². The minimum atomic E-state index is -1.25. The van der Waals surface area contributed by atoms with E-state index < -0.39 is 23.5 Å². The van der Waals surface area contributed by atoms with E-state index in [0.717, 1.165) is 17.3 Å². The molecule has 16 heteroatoms. The van der Waals surface area contributed by atoms with Gasteiger partial charge in [-0.15, -0.1) is 16.9 Å². The maximum atomic E-state index is 13.3. The van der Waals surface area contributed by atoms with Crippen LogP contribution in [0.15, 0.2) is 29.4 Å². The van der Waals surface area contributed by atoms with Crippen molar-refractivity contribution in [3.8, 4) is 0 Å². The number of benzene rings is 1. The summed E-state index contributed by atoms with van der Waals surface area (Å²) in [6.45, 7) is 2.07. The lowest BCUT2D eigenvalue weighted by Gasteiger charge is -2.56. The molecule has 0 saturated carbocycles. The number of nitrogens with two attached hydrogens (primary N) is 2. The largest absolute Gasteiger partial charge is 0.481 e. The summed E-state index contributed by atoms with van der Waals surface area (Å²) in [7, 11) is 0. The zero-order valence-corrected chi connectivity index (χ0v) is 21.6. The van der Waals surface area contributed by atoms with Crippen LogP contribution in [0, 0.1) is 5.41 Å². The summed E-state index contributed by atoms with van der Waals surface area (Å²) in [5.74, 6) is -1.28. The number of para-hydroxylation sites is 1. The third-order valence-electron chi connectivity index (χ3n) is 6.26. The molecule has 3 heterocycles. The van der Waals surface area contributed by atoms with Crippen LogP contribution < -0.4 is 21.7 Å². The molecule has 2 aromatic rings. The summed E-state index contributed by atoms with van der Waals surface area (Å²) in [6, 6.07) is 5.76. The second-order valence-corrected chi connectivity index (χ2v) is 10.7. The molecule has 198 valence electrons. The average Bonchev–Trinajstić information content (AvgIpc) is 3.32. The number of nitrogens with zero attached hydrogens (tertiary/aromatic N) is 6. The van der Waals surface area contributed by atoms with Crippen molar-refractivity contribution in [1.82, 2.24) is 30.4 Å². The number of carboxylic acids is 1. The number of fused-ring (bicyclic) bond motifs is 1. The van der Waals surface area contributed by atoms with Gasteiger partial charge >= 0.3 is 12.0 Å². The molecule has 6 N–H and O–H groups in total. The number of rotatable bonds is 10. The van der Waals surface area contributed by atoms with Crippen molar-refractivity contribution in [1.29, 1.82) is 0 Å². The molecular formula is C21H27N9O5S2. The van der Waals surface area contributed by atoms with Gasteiger partial charge in [-0.1, -0.05) is 30.0 Å². The lowest BCUT2D eigenvalue weighted by molar-refractivity contribution is -0.156. The van der Waals surface area contributed by atoms with Gasteiger partial charge in [0.15, 0.2) is 0 Å². The van der Waals surface area contributed by atoms with Crippen LogP contribution in [-0.4, -0.2) is 90.0 Å². The molecule has 0 radical (unpaired) electrons. The van der Waals surface area contributed by atoms with E-state index in [0.29, 0.717) is 10.8 Å². The van der Waals surface area contributed by atoms with Gasteiger partial charge in [-0.25, -0.2) is 9.48 Å². The summed E-state index contributed by atoms with van der Waals surface area (Å²) >= 11 is 2.50. The number of carbonyl (C=O) groups excluding carboxylic acids is 3. The summed E-state index contributed by atoms with van der Waals surface area (Å²) in [5.41, 5.74) is 11.0. The second-order valence-electron chi connectivity index (χ2n) is 8.68. The Morgan fingerprint density at radius 3 is 2.78 bits per heavy atom. The Morgan fingerprint density at radius 2 is 2.11 bits per heavy atom. The topological polar surface area (TPSA) is 203 Å². The zero-order chi connectivity index (χ0) is 26.7. The van der Waals surface area contributed by atoms with Crippen molar-refractivity contribution < 1.29 is 24.3 Å². The third kappa shape index (κ3) is 5.21. The van der Waals surface area contributed by atoms with E-state index in [9.17, 15) is 24.3 Å². The number of hydrogen-bond donors (Lipinski definition) is 4. The number of carbonyl (C=O) groups is 4. The van der Waals surface area contributed by atoms with Crippen LogP contribution in [0.1, 0.15) is 12.5 Å². The Kier molecular flexibility index (Phi) is 7.89. The molecule has 3 atom stereocenters. The first kappa shape index (κ1) is 26.7. The highest BCUT2D eigenvalue weighted by molar-refractivity contribution is 8.00. The Hall–Kier alpha value is -3.37. The van der Waals surface area contributed by atoms with Crippen molar-refractivity contribution in [2.24, 2.45) is 16.9 Å². The quantitative estimate of drug-likeness (QED) is 0.215. The highest BCUT2D eigenvalue weighted by atomic mass is 32.2. The van der Waals surface area contributed by atoms with Crippen molar-refractivity contribution in [3.63, 3.8) is 0 Å². The fourth-order valence-electron chi connectivity index (χ4n) is 4.35. The molecule has 1 aromatic carbocycles. The number of tetrazole rings is 1. The standard InChI is InChI=1S/C21H27N9O5S2/c1-12(31)30(14-5-3-2-4-13(14)8-22)15-16(32)28-9-21(18(33)34,10-36-17(15)28)11-37-20-25-26-27-29(20)7-6-24-19(23)35/h2-5,15,17H,6-11,22H2,1H3,(H,33,34)(H3,23,24,35)/t15?,17-,21?/m1/s1. The maximum Gasteiger partial charge on any atom is 0.313 e. The average molecular weight is 550 g/mol. The van der Waals surface area contributed by atoms with Crippen LogP contribution in [0.2, 0.25) is 0 Å². The van der Waals surface area contributed by atoms with Gasteiger partial charge in [-0.05, 0) is 22.1 Å². The predicted molar refractivity (Wildman–Crippen MR) is 135 cm³/mol. The summed E-state index contributed by atoms with van der Waals surface area (Å²) in [6.07, 6.45) is 0. The van der Waals surface area contributed by atoms with E-state index in [4.69, 9.17) is 11.5 Å². The van der Waals surface area contributed by atoms with Gasteiger partial charge in [0.1, 0.15) is 16.8 Å². The smallest absolute Gasteiger partial charge is 0.313 e. The van der Waals surface area contributed by atoms with Crippen LogP contribution in [0.5, 0.6) is 0 Å². The first-order valence-electron chi connectivity index (χ1n) is 11.3. The first-order chi connectivity index (χ1) is 17.7. The fourth-order valence-corrected chi connectivity index (χ4v) is 7.16. The van der Waals surface area contributed by atoms with Gasteiger partial charge in [0.05, 0.1) is 6.54 Å². The van der Waals surface area contributed by atoms with Crippen molar-refractivity contribution in [2.45, 2.75) is 36.6 Å². The molecule has 4 amide bonds. The van der Waals surface area contributed by atoms with E-state index in [2.05, 4.69) is 20.8 Å². The predicted octanol–water partition coefficient (Wildman–Crippen LogP) is -0.700. The molecule has 14 nitrogen and oxygen atoms in total. The van der Waals surface area contributed by atoms with Crippen LogP contribution in [0.4, 0.5) is 10.5 Å². The summed E-state index contributed by atoms with van der Waals surface area (Å²) in [5, 5.41) is 24.0. The lowest BCUT2D eigenvalue weighted by atomic mass is 9.89. The van der Waals surface area contributed by atoms with E-state index in [1.54, 1.807) is 12.1 Å². The molecule has 2 unspecified atom stereocenters. The minimum Gasteiger partial charge on any atom is -0.481 e. The second kappa shape index (κ2) is 10.9. The number of thioether (sulfide) groups is 2. The van der Waals surface area contributed by atoms with Gasteiger partial charge in [0, 0.05) is 43.8 Å². The van der Waals surface area contributed by atoms with Gasteiger partial charge < -0.3 is 26.8 Å². The first-order valence-corrected chi connectivity index (χ1v) is 13.4. The normalized spacial score (nSPS) is 22.6. The Bertz CT molecular complexity index is 1210. The number of β-lactam (4-membered cyclic amide) rings is 1. The van der Waals surface area contributed by atoms with Crippen molar-refractivity contribution >= 4 is 53.0 Å². The number of carboxylic acid groups (broad SMARTS) is 1. The molecular weight excluding hydrogens is 522 g/mol. The molecule has 37 heavy (non-hydrogen) atoms. The lowest BCUT2D eigenvalue weighted by Crippen LogP contribution is -2.74. The maximum absolute atomic E-state index is 13.3. The molecule has 2 aliphatic rings. The fraction of sp³-hybridized carbons (Fsp3) is 0.476. The van der Waals surface area contributed by atoms with Gasteiger partial charge in [0.25, 0.3) is 0 Å². The van der Waals surface area contributed by atoms with E-state index in [1.807, 2.05) is 12.1 Å².